The third-order valence-corrected chi connectivity index (χ3v) is 15.4. The van der Waals surface area contributed by atoms with Crippen molar-refractivity contribution in [3.63, 3.8) is 0 Å². The summed E-state index contributed by atoms with van der Waals surface area (Å²) in [7, 11) is 0. The Bertz CT molecular complexity index is 5140. The van der Waals surface area contributed by atoms with Gasteiger partial charge in [0.25, 0.3) is 0 Å². The Hall–Kier alpha value is -8.31. The van der Waals surface area contributed by atoms with E-state index in [1.54, 1.807) is 30.5 Å². The topological polar surface area (TPSA) is 40.8 Å². The second kappa shape index (κ2) is 19.2. The van der Waals surface area contributed by atoms with Gasteiger partial charge in [-0.3, -0.25) is 0 Å². The molecule has 9 aromatic carbocycles. The van der Waals surface area contributed by atoms with Gasteiger partial charge in [0.2, 0.25) is 6.33 Å². The molecular formula is C73H61N5OPt-2. The molecule has 1 unspecified atom stereocenters. The quantitative estimate of drug-likeness (QED) is 0.130. The van der Waals surface area contributed by atoms with Crippen LogP contribution >= 0.6 is 0 Å². The molecule has 0 aliphatic carbocycles. The van der Waals surface area contributed by atoms with Crippen LogP contribution in [0.3, 0.4) is 0 Å². The number of imidazole rings is 1. The first-order valence-electron chi connectivity index (χ1n) is 32.6. The summed E-state index contributed by atoms with van der Waals surface area (Å²) in [6.07, 6.45) is 3.53. The van der Waals surface area contributed by atoms with Crippen molar-refractivity contribution in [2.75, 3.05) is 0 Å². The number of hydrogen-bond acceptors (Lipinski definition) is 2. The first kappa shape index (κ1) is 39.1. The van der Waals surface area contributed by atoms with Gasteiger partial charge in [0.05, 0.1) is 47.7 Å². The summed E-state index contributed by atoms with van der Waals surface area (Å²) >= 11 is 0. The third-order valence-electron chi connectivity index (χ3n) is 15.4. The Labute approximate surface area is 499 Å². The summed E-state index contributed by atoms with van der Waals surface area (Å²) < 4.78 is 127. The Morgan fingerprint density at radius 2 is 1.26 bits per heavy atom. The number of para-hydroxylation sites is 3. The molecule has 0 radical (unpaired) electrons. The Kier molecular flexibility index (Phi) is 9.39. The molecule has 6 nitrogen and oxygen atoms in total. The fourth-order valence-electron chi connectivity index (χ4n) is 11.8. The zero-order chi connectivity index (χ0) is 64.4. The molecule has 16 rings (SSSR count). The van der Waals surface area contributed by atoms with Gasteiger partial charge in [-0.2, -0.15) is 18.2 Å². The van der Waals surface area contributed by atoms with E-state index in [4.69, 9.17) is 17.9 Å². The first-order valence-corrected chi connectivity index (χ1v) is 26.6. The van der Waals surface area contributed by atoms with Crippen molar-refractivity contribution in [3.05, 3.63) is 247 Å². The monoisotopic (exact) mass is 1230 g/mol. The minimum Gasteiger partial charge on any atom is -0.510 e. The zero-order valence-electron chi connectivity index (χ0n) is 57.4. The van der Waals surface area contributed by atoms with Gasteiger partial charge in [-0.1, -0.05) is 200 Å². The van der Waals surface area contributed by atoms with E-state index in [0.29, 0.717) is 50.8 Å². The average Bonchev–Trinajstić information content (AvgIpc) is 1.41. The number of hydrogen-bond donors (Lipinski definition) is 0. The SMILES string of the molecule is [2H]c1c([2H])c([2H])c(-c2cccc(-c3c([2H])c([2H])c([2H])c([2H])c3[2H])c2C2[n+]3[c-]n(c4ccccc43)-c3[c-]c(ccc3)Oc3[c-]c4c(cc3)c3ccccc3n4-c3cc(C([2H])([2H])C(C)(C)C)c(cn3)-n3c4ccc(C(C)(C)C)cc4c4cc(ccc43)C2(C)C)c([2H])c1[2H].[Pt]. The van der Waals surface area contributed by atoms with E-state index in [1.165, 1.54) is 0 Å². The molecule has 1 atom stereocenters. The largest absolute Gasteiger partial charge is 0.510 e. The molecule has 396 valence electrons. The van der Waals surface area contributed by atoms with Crippen molar-refractivity contribution in [1.29, 1.82) is 0 Å². The molecule has 0 amide bonds. The maximum atomic E-state index is 10.2. The van der Waals surface area contributed by atoms with Gasteiger partial charge < -0.3 is 23.0 Å². The minimum atomic E-state index is -1.98. The van der Waals surface area contributed by atoms with Crippen LogP contribution in [0.4, 0.5) is 0 Å². The maximum absolute atomic E-state index is 10.2. The second-order valence-electron chi connectivity index (χ2n) is 23.1. The van der Waals surface area contributed by atoms with Crippen LogP contribution in [0.25, 0.3) is 94.1 Å². The molecule has 0 N–H and O–H groups in total. The summed E-state index contributed by atoms with van der Waals surface area (Å²) in [6.45, 7) is 16.2. The Morgan fingerprint density at radius 1 is 0.625 bits per heavy atom. The van der Waals surface area contributed by atoms with Crippen molar-refractivity contribution in [3.8, 4) is 50.9 Å². The summed E-state index contributed by atoms with van der Waals surface area (Å²) in [4.78, 5) is 5.30. The van der Waals surface area contributed by atoms with Gasteiger partial charge >= 0.3 is 0 Å². The van der Waals surface area contributed by atoms with Crippen molar-refractivity contribution >= 4 is 54.6 Å². The van der Waals surface area contributed by atoms with E-state index in [2.05, 4.69) is 74.1 Å². The predicted octanol–water partition coefficient (Wildman–Crippen LogP) is 17.8. The number of ether oxygens (including phenoxy) is 1. The molecule has 12 bridgehead atoms. The summed E-state index contributed by atoms with van der Waals surface area (Å²) in [5.41, 5.74) is 5.40. The number of aromatic nitrogens is 5. The zero-order valence-corrected chi connectivity index (χ0v) is 47.7. The smallest absolute Gasteiger partial charge is 0.243 e. The van der Waals surface area contributed by atoms with E-state index in [1.807, 2.05) is 133 Å². The number of nitrogens with zero attached hydrogens (tertiary/aromatic N) is 5. The van der Waals surface area contributed by atoms with E-state index in [-0.39, 0.29) is 54.3 Å². The second-order valence-corrected chi connectivity index (χ2v) is 23.1. The van der Waals surface area contributed by atoms with Gasteiger partial charge in [0.1, 0.15) is 11.9 Å². The molecule has 3 aliphatic heterocycles. The molecular weight excluding hydrogens is 1160 g/mol. The minimum absolute atomic E-state index is 0. The van der Waals surface area contributed by atoms with Gasteiger partial charge in [-0.25, -0.2) is 4.98 Å². The maximum Gasteiger partial charge on any atom is 0.243 e. The summed E-state index contributed by atoms with van der Waals surface area (Å²) in [6, 6.07) is 45.0. The van der Waals surface area contributed by atoms with Crippen LogP contribution in [0.15, 0.2) is 206 Å². The van der Waals surface area contributed by atoms with Crippen LogP contribution in [0.1, 0.15) is 100 Å². The van der Waals surface area contributed by atoms with Crippen molar-refractivity contribution in [2.24, 2.45) is 5.41 Å². The van der Waals surface area contributed by atoms with E-state index < -0.39 is 83.7 Å². The van der Waals surface area contributed by atoms with Crippen molar-refractivity contribution in [1.82, 2.24) is 18.7 Å². The fraction of sp³-hybridized carbons (Fsp3) is 0.178. The number of fused-ring (bicyclic) bond motifs is 5. The average molecular weight is 1230 g/mol. The molecule has 0 saturated carbocycles. The standard InChI is InChI=1S/C73H61N5O.Pt/c1-71(2,3)44-49-39-68-74-45-67(49)77-62-37-33-50(72(4,5)6)40-59(62)60-41-51(34-38-63(60)77)73(7,8)70(69-55(47-21-11-9-12-22-47)28-20-29-56(69)48-23-13-10-14-24-48)76-46-75(64-31-17-18-32-65(64)76)52-25-19-26-53(42-52)79-54-35-36-58-57-27-15-16-30-61(57)78(68)66(58)43-54;/h9-41,45,70H,44H2,1-8H3;/q-2;/i9D,10D,11D,12D,13D,14D,21D,22D,23D,24D,44D2;. The van der Waals surface area contributed by atoms with Crippen LogP contribution < -0.4 is 9.30 Å². The first-order chi connectivity index (χ1) is 43.1. The molecule has 0 saturated heterocycles. The van der Waals surface area contributed by atoms with E-state index >= 15 is 0 Å². The molecule has 0 fully saturated rings. The molecule has 7 heteroatoms. The molecule has 80 heavy (non-hydrogen) atoms. The van der Waals surface area contributed by atoms with E-state index in [0.717, 1.165) is 49.2 Å². The van der Waals surface area contributed by atoms with Gasteiger partial charge in [-0.15, -0.1) is 29.7 Å². The third kappa shape index (κ3) is 8.50. The van der Waals surface area contributed by atoms with E-state index in [9.17, 15) is 8.22 Å². The van der Waals surface area contributed by atoms with Crippen LogP contribution in [-0.2, 0) is 38.3 Å². The number of pyridine rings is 1. The number of benzene rings is 9. The predicted molar refractivity (Wildman–Crippen MR) is 323 cm³/mol. The van der Waals surface area contributed by atoms with Crippen molar-refractivity contribution < 1.29 is 46.8 Å². The van der Waals surface area contributed by atoms with Crippen LogP contribution in [0.5, 0.6) is 11.5 Å². The van der Waals surface area contributed by atoms with Crippen LogP contribution in [0.2, 0.25) is 0 Å². The van der Waals surface area contributed by atoms with Gasteiger partial charge in [0.15, 0.2) is 0 Å². The normalized spacial score (nSPS) is 16.6. The van der Waals surface area contributed by atoms with Crippen molar-refractivity contribution in [2.45, 2.75) is 78.6 Å². The molecule has 0 spiro atoms. The van der Waals surface area contributed by atoms with Crippen LogP contribution in [-0.4, -0.2) is 18.7 Å². The number of rotatable bonds is 4. The molecule has 3 aliphatic rings. The Balaban J connectivity index is 0.00000773. The summed E-state index contributed by atoms with van der Waals surface area (Å²) in [5, 5.41) is 3.51. The van der Waals surface area contributed by atoms with Gasteiger partial charge in [-0.05, 0) is 97.9 Å². The fourth-order valence-corrected chi connectivity index (χ4v) is 11.8. The molecule has 13 aromatic rings. The molecule has 7 heterocycles. The van der Waals surface area contributed by atoms with Crippen LogP contribution in [0, 0.1) is 23.9 Å². The molecule has 4 aromatic heterocycles. The van der Waals surface area contributed by atoms with Gasteiger partial charge in [0, 0.05) is 62.6 Å². The Morgan fingerprint density at radius 3 is 1.98 bits per heavy atom. The summed E-state index contributed by atoms with van der Waals surface area (Å²) in [5.74, 6) is 1.18.